The molecule has 0 N–H and O–H groups in total. The van der Waals surface area contributed by atoms with Crippen LogP contribution in [-0.4, -0.2) is 12.8 Å². The van der Waals surface area contributed by atoms with Crippen molar-refractivity contribution in [3.63, 3.8) is 0 Å². The molecule has 0 nitrogen and oxygen atoms in total. The number of allylic oxidation sites excluding steroid dienone is 3. The van der Waals surface area contributed by atoms with Crippen molar-refractivity contribution in [3.8, 4) is 0 Å². The molecule has 86 valence electrons. The zero-order valence-electron chi connectivity index (χ0n) is 9.44. The molecule has 0 rings (SSSR count). The zero-order valence-corrected chi connectivity index (χ0v) is 9.44. The van der Waals surface area contributed by atoms with Crippen LogP contribution in [0.5, 0.6) is 0 Å². The van der Waals surface area contributed by atoms with Gasteiger partial charge in [-0.2, -0.15) is 0 Å². The summed E-state index contributed by atoms with van der Waals surface area (Å²) in [5, 5.41) is 0. The summed E-state index contributed by atoms with van der Waals surface area (Å²) >= 11 is 0. The maximum atomic E-state index is 13.6. The molecule has 0 amide bonds. The lowest BCUT2D eigenvalue weighted by atomic mass is 9.93. The molecule has 0 fully saturated rings. The summed E-state index contributed by atoms with van der Waals surface area (Å²) < 4.78 is 26.1. The summed E-state index contributed by atoms with van der Waals surface area (Å²) in [7, 11) is 0. The lowest BCUT2D eigenvalue weighted by molar-refractivity contribution is 0.283. The van der Waals surface area contributed by atoms with Gasteiger partial charge in [-0.15, -0.1) is 6.58 Å². The largest absolute Gasteiger partial charge is 0.250 e. The zero-order chi connectivity index (χ0) is 11.8. The molecule has 0 heterocycles. The van der Waals surface area contributed by atoms with Crippen LogP contribution in [0.2, 0.25) is 0 Å². The predicted octanol–water partition coefficient (Wildman–Crippen LogP) is 4.40. The molecule has 0 aliphatic rings. The van der Waals surface area contributed by atoms with E-state index in [4.69, 9.17) is 0 Å². The van der Waals surface area contributed by atoms with Gasteiger partial charge in [-0.25, -0.2) is 4.39 Å². The van der Waals surface area contributed by atoms with E-state index in [0.717, 1.165) is 0 Å². The van der Waals surface area contributed by atoms with Crippen LogP contribution >= 0.6 is 0 Å². The molecule has 0 saturated carbocycles. The van der Waals surface area contributed by atoms with Crippen LogP contribution in [0.4, 0.5) is 8.78 Å². The molecule has 0 saturated heterocycles. The first-order valence-electron chi connectivity index (χ1n) is 5.16. The Hall–Kier alpha value is -0.920. The van der Waals surface area contributed by atoms with Crippen LogP contribution in [0, 0.1) is 5.92 Å². The fourth-order valence-corrected chi connectivity index (χ4v) is 1.26. The minimum absolute atomic E-state index is 0.155. The van der Waals surface area contributed by atoms with E-state index in [1.54, 1.807) is 13.0 Å². The fraction of sp³-hybridized carbons (Fsp3) is 0.538. The summed E-state index contributed by atoms with van der Waals surface area (Å²) in [5.74, 6) is -0.388. The second-order valence-electron chi connectivity index (χ2n) is 3.89. The third-order valence-corrected chi connectivity index (χ3v) is 2.49. The summed E-state index contributed by atoms with van der Waals surface area (Å²) in [6.45, 7) is 12.0. The second kappa shape index (κ2) is 7.38. The molecular formula is C13H20F2. The van der Waals surface area contributed by atoms with Gasteiger partial charge in [-0.3, -0.25) is 4.39 Å². The van der Waals surface area contributed by atoms with Crippen molar-refractivity contribution in [2.24, 2.45) is 5.92 Å². The maximum Gasteiger partial charge on any atom is 0.122 e. The molecule has 0 aromatic rings. The van der Waals surface area contributed by atoms with Crippen LogP contribution in [-0.2, 0) is 0 Å². The second-order valence-corrected chi connectivity index (χ2v) is 3.89. The molecule has 15 heavy (non-hydrogen) atoms. The Labute approximate surface area is 91.4 Å². The highest BCUT2D eigenvalue weighted by molar-refractivity contribution is 5.07. The standard InChI is InChI=1S/C13H20F2/c1-5-6-7-11(4)13(15)8-12(9-14)10(2)3/h5,12-13H,1-2,4,6-9H2,3H3. The smallest absolute Gasteiger partial charge is 0.122 e. The number of hydrogen-bond donors (Lipinski definition) is 0. The Bertz CT molecular complexity index is 231. The van der Waals surface area contributed by atoms with Gasteiger partial charge >= 0.3 is 0 Å². The molecule has 2 heteroatoms. The molecule has 0 aliphatic heterocycles. The Morgan fingerprint density at radius 3 is 2.40 bits per heavy atom. The Morgan fingerprint density at radius 1 is 1.40 bits per heavy atom. The molecule has 2 unspecified atom stereocenters. The van der Waals surface area contributed by atoms with Gasteiger partial charge in [0.25, 0.3) is 0 Å². The number of hydrogen-bond acceptors (Lipinski definition) is 0. The molecule has 0 bridgehead atoms. The topological polar surface area (TPSA) is 0 Å². The van der Waals surface area contributed by atoms with Gasteiger partial charge in [-0.1, -0.05) is 24.8 Å². The number of alkyl halides is 2. The van der Waals surface area contributed by atoms with Gasteiger partial charge in [-0.05, 0) is 31.8 Å². The van der Waals surface area contributed by atoms with E-state index in [-0.39, 0.29) is 12.3 Å². The molecule has 0 radical (unpaired) electrons. The van der Waals surface area contributed by atoms with Gasteiger partial charge in [0.1, 0.15) is 6.17 Å². The van der Waals surface area contributed by atoms with Gasteiger partial charge in [0.15, 0.2) is 0 Å². The highest BCUT2D eigenvalue weighted by Crippen LogP contribution is 2.23. The van der Waals surface area contributed by atoms with Crippen LogP contribution in [0.15, 0.2) is 37.0 Å². The first kappa shape index (κ1) is 14.1. The minimum Gasteiger partial charge on any atom is -0.250 e. The van der Waals surface area contributed by atoms with Crippen molar-refractivity contribution in [1.29, 1.82) is 0 Å². The number of rotatable bonds is 8. The number of halogens is 2. The molecule has 0 aliphatic carbocycles. The predicted molar refractivity (Wildman–Crippen MR) is 62.4 cm³/mol. The van der Waals surface area contributed by atoms with Crippen molar-refractivity contribution >= 4 is 0 Å². The Kier molecular flexibility index (Phi) is 6.93. The fourth-order valence-electron chi connectivity index (χ4n) is 1.26. The van der Waals surface area contributed by atoms with E-state index in [0.29, 0.717) is 24.0 Å². The van der Waals surface area contributed by atoms with E-state index in [9.17, 15) is 8.78 Å². The van der Waals surface area contributed by atoms with E-state index in [2.05, 4.69) is 19.7 Å². The first-order chi connectivity index (χ1) is 7.02. The van der Waals surface area contributed by atoms with Crippen LogP contribution < -0.4 is 0 Å². The third kappa shape index (κ3) is 5.50. The van der Waals surface area contributed by atoms with Crippen molar-refractivity contribution < 1.29 is 8.78 Å². The Balaban J connectivity index is 4.09. The van der Waals surface area contributed by atoms with Gasteiger partial charge in [0, 0.05) is 5.92 Å². The van der Waals surface area contributed by atoms with Crippen molar-refractivity contribution in [2.45, 2.75) is 32.4 Å². The van der Waals surface area contributed by atoms with Crippen molar-refractivity contribution in [2.75, 3.05) is 6.67 Å². The van der Waals surface area contributed by atoms with E-state index < -0.39 is 12.8 Å². The maximum absolute atomic E-state index is 13.6. The normalized spacial score (nSPS) is 14.3. The lowest BCUT2D eigenvalue weighted by Gasteiger charge is -2.17. The van der Waals surface area contributed by atoms with Gasteiger partial charge < -0.3 is 0 Å². The third-order valence-electron chi connectivity index (χ3n) is 2.49. The molecular weight excluding hydrogens is 194 g/mol. The van der Waals surface area contributed by atoms with Crippen molar-refractivity contribution in [1.82, 2.24) is 0 Å². The average Bonchev–Trinajstić information content (AvgIpc) is 2.21. The molecule has 0 aromatic carbocycles. The van der Waals surface area contributed by atoms with E-state index >= 15 is 0 Å². The van der Waals surface area contributed by atoms with E-state index in [1.165, 1.54) is 0 Å². The highest BCUT2D eigenvalue weighted by Gasteiger charge is 2.18. The van der Waals surface area contributed by atoms with Gasteiger partial charge in [0.05, 0.1) is 6.67 Å². The summed E-state index contributed by atoms with van der Waals surface area (Å²) in [5.41, 5.74) is 1.21. The first-order valence-corrected chi connectivity index (χ1v) is 5.16. The molecule has 2 atom stereocenters. The summed E-state index contributed by atoms with van der Waals surface area (Å²) in [4.78, 5) is 0. The Morgan fingerprint density at radius 2 is 2.00 bits per heavy atom. The lowest BCUT2D eigenvalue weighted by Crippen LogP contribution is -2.14. The van der Waals surface area contributed by atoms with Crippen LogP contribution in [0.1, 0.15) is 26.2 Å². The minimum atomic E-state index is -1.14. The van der Waals surface area contributed by atoms with Crippen LogP contribution in [0.3, 0.4) is 0 Å². The highest BCUT2D eigenvalue weighted by atomic mass is 19.1. The summed E-state index contributed by atoms with van der Waals surface area (Å²) in [6, 6.07) is 0. The molecule has 0 spiro atoms. The van der Waals surface area contributed by atoms with Crippen molar-refractivity contribution in [3.05, 3.63) is 37.0 Å². The summed E-state index contributed by atoms with van der Waals surface area (Å²) in [6.07, 6.45) is 2.04. The quantitative estimate of drug-likeness (QED) is 0.525. The molecule has 0 aromatic heterocycles. The van der Waals surface area contributed by atoms with Crippen LogP contribution in [0.25, 0.3) is 0 Å². The monoisotopic (exact) mass is 214 g/mol. The van der Waals surface area contributed by atoms with Gasteiger partial charge in [0.2, 0.25) is 0 Å². The average molecular weight is 214 g/mol. The SMILES string of the molecule is C=CCCC(=C)C(F)CC(CF)C(=C)C. The van der Waals surface area contributed by atoms with E-state index in [1.807, 2.05) is 0 Å².